The molecule has 0 radical (unpaired) electrons. The maximum absolute atomic E-state index is 13.7. The SMILES string of the molecule is CC(C)CC(NC(=O)c1ccc(N2CCCC2)cc1)C(=O)N1CCC2C1C(=O)CN2C(=O)c1ccoc1. The first-order valence-electron chi connectivity index (χ1n) is 13.2. The van der Waals surface area contributed by atoms with E-state index in [4.69, 9.17) is 4.42 Å². The topological polar surface area (TPSA) is 103 Å². The molecule has 2 aromatic rings. The molecule has 1 N–H and O–H groups in total. The van der Waals surface area contributed by atoms with Crippen molar-refractivity contribution in [3.8, 4) is 0 Å². The van der Waals surface area contributed by atoms with Gasteiger partial charge in [0.2, 0.25) is 5.91 Å². The molecule has 3 aliphatic rings. The van der Waals surface area contributed by atoms with Crippen molar-refractivity contribution in [2.75, 3.05) is 31.1 Å². The fraction of sp³-hybridized carbons (Fsp3) is 0.500. The number of carbonyl (C=O) groups is 4. The minimum absolute atomic E-state index is 0.0340. The zero-order valence-corrected chi connectivity index (χ0v) is 21.4. The molecule has 1 aromatic heterocycles. The summed E-state index contributed by atoms with van der Waals surface area (Å²) in [6.07, 6.45) is 6.12. The first-order valence-corrected chi connectivity index (χ1v) is 13.2. The highest BCUT2D eigenvalue weighted by Gasteiger charge is 2.52. The number of nitrogens with zero attached hydrogens (tertiary/aromatic N) is 3. The van der Waals surface area contributed by atoms with Crippen molar-refractivity contribution >= 4 is 29.2 Å². The monoisotopic (exact) mass is 506 g/mol. The van der Waals surface area contributed by atoms with E-state index in [2.05, 4.69) is 10.2 Å². The van der Waals surface area contributed by atoms with Gasteiger partial charge in [-0.1, -0.05) is 13.8 Å². The van der Waals surface area contributed by atoms with Crippen LogP contribution >= 0.6 is 0 Å². The van der Waals surface area contributed by atoms with E-state index in [1.54, 1.807) is 28.0 Å². The minimum atomic E-state index is -0.754. The maximum Gasteiger partial charge on any atom is 0.257 e. The Kier molecular flexibility index (Phi) is 7.04. The maximum atomic E-state index is 13.7. The normalized spacial score (nSPS) is 22.0. The Balaban J connectivity index is 1.28. The van der Waals surface area contributed by atoms with Crippen molar-refractivity contribution in [1.29, 1.82) is 0 Å². The molecule has 9 heteroatoms. The Labute approximate surface area is 216 Å². The summed E-state index contributed by atoms with van der Waals surface area (Å²) in [5, 5.41) is 2.93. The summed E-state index contributed by atoms with van der Waals surface area (Å²) in [5.74, 6) is -0.844. The number of hydrogen-bond acceptors (Lipinski definition) is 6. The first-order chi connectivity index (χ1) is 17.8. The number of rotatable bonds is 7. The van der Waals surface area contributed by atoms with Crippen molar-refractivity contribution < 1.29 is 23.6 Å². The van der Waals surface area contributed by atoms with Gasteiger partial charge >= 0.3 is 0 Å². The summed E-state index contributed by atoms with van der Waals surface area (Å²) in [6.45, 7) is 6.38. The van der Waals surface area contributed by atoms with Crippen LogP contribution in [-0.4, -0.2) is 77.6 Å². The van der Waals surface area contributed by atoms with E-state index in [0.29, 0.717) is 30.5 Å². The van der Waals surface area contributed by atoms with Gasteiger partial charge < -0.3 is 24.4 Å². The van der Waals surface area contributed by atoms with Crippen LogP contribution in [0.15, 0.2) is 47.3 Å². The van der Waals surface area contributed by atoms with Gasteiger partial charge in [0.25, 0.3) is 11.8 Å². The molecule has 1 aromatic carbocycles. The third-order valence-electron chi connectivity index (χ3n) is 7.65. The van der Waals surface area contributed by atoms with Gasteiger partial charge in [-0.05, 0) is 61.9 Å². The van der Waals surface area contributed by atoms with Crippen molar-refractivity contribution in [3.05, 3.63) is 54.0 Å². The second kappa shape index (κ2) is 10.4. The highest BCUT2D eigenvalue weighted by molar-refractivity contribution is 6.03. The van der Waals surface area contributed by atoms with Gasteiger partial charge in [-0.2, -0.15) is 0 Å². The lowest BCUT2D eigenvalue weighted by Gasteiger charge is -2.29. The molecule has 9 nitrogen and oxygen atoms in total. The number of nitrogens with one attached hydrogen (secondary N) is 1. The van der Waals surface area contributed by atoms with E-state index in [9.17, 15) is 19.2 Å². The average Bonchev–Trinajstić information content (AvgIpc) is 3.69. The average molecular weight is 507 g/mol. The molecular formula is C28H34N4O5. The van der Waals surface area contributed by atoms with Crippen LogP contribution in [0.1, 0.15) is 60.2 Å². The number of benzene rings is 1. The van der Waals surface area contributed by atoms with Crippen LogP contribution < -0.4 is 10.2 Å². The summed E-state index contributed by atoms with van der Waals surface area (Å²) < 4.78 is 5.03. The van der Waals surface area contributed by atoms with Crippen molar-refractivity contribution in [2.24, 2.45) is 5.92 Å². The molecule has 3 aliphatic heterocycles. The lowest BCUT2D eigenvalue weighted by atomic mass is 10.0. The second-order valence-corrected chi connectivity index (χ2v) is 10.6. The van der Waals surface area contributed by atoms with Gasteiger partial charge in [0.1, 0.15) is 18.3 Å². The Bertz CT molecular complexity index is 1150. The molecule has 3 fully saturated rings. The van der Waals surface area contributed by atoms with Crippen molar-refractivity contribution in [3.63, 3.8) is 0 Å². The summed E-state index contributed by atoms with van der Waals surface area (Å²) in [5.41, 5.74) is 1.98. The molecule has 0 bridgehead atoms. The van der Waals surface area contributed by atoms with E-state index >= 15 is 0 Å². The van der Waals surface area contributed by atoms with Gasteiger partial charge in [0, 0.05) is 30.9 Å². The second-order valence-electron chi connectivity index (χ2n) is 10.6. The lowest BCUT2D eigenvalue weighted by Crippen LogP contribution is -2.53. The molecule has 3 atom stereocenters. The van der Waals surface area contributed by atoms with E-state index in [1.807, 2.05) is 26.0 Å². The third-order valence-corrected chi connectivity index (χ3v) is 7.65. The Morgan fingerprint density at radius 3 is 2.38 bits per heavy atom. The van der Waals surface area contributed by atoms with E-state index in [-0.39, 0.29) is 42.0 Å². The summed E-state index contributed by atoms with van der Waals surface area (Å²) >= 11 is 0. The van der Waals surface area contributed by atoms with Crippen LogP contribution in [0.3, 0.4) is 0 Å². The van der Waals surface area contributed by atoms with E-state index in [0.717, 1.165) is 18.8 Å². The third kappa shape index (κ3) is 4.99. The summed E-state index contributed by atoms with van der Waals surface area (Å²) in [7, 11) is 0. The van der Waals surface area contributed by atoms with E-state index in [1.165, 1.54) is 25.4 Å². The van der Waals surface area contributed by atoms with Gasteiger partial charge in [-0.25, -0.2) is 0 Å². The molecule has 4 heterocycles. The van der Waals surface area contributed by atoms with Crippen LogP contribution in [0, 0.1) is 5.92 Å². The standard InChI is InChI=1S/C28H34N4O5/c1-18(2)15-22(29-26(34)19-5-7-21(8-6-19)30-11-3-4-12-30)28(36)31-13-9-23-25(31)24(33)16-32(23)27(35)20-10-14-37-17-20/h5-8,10,14,17-18,22-23,25H,3-4,9,11-13,15-16H2,1-2H3,(H,29,34). The molecule has 196 valence electrons. The first kappa shape index (κ1) is 25.0. The number of anilines is 1. The number of carbonyl (C=O) groups excluding carboxylic acids is 4. The Morgan fingerprint density at radius 1 is 1.00 bits per heavy atom. The number of ketones is 1. The molecule has 0 aliphatic carbocycles. The molecule has 3 saturated heterocycles. The molecule has 0 spiro atoms. The largest absolute Gasteiger partial charge is 0.472 e. The number of likely N-dealkylation sites (tertiary alicyclic amines) is 2. The van der Waals surface area contributed by atoms with E-state index < -0.39 is 12.1 Å². The molecule has 3 amide bonds. The predicted octanol–water partition coefficient (Wildman–Crippen LogP) is 2.72. The lowest BCUT2D eigenvalue weighted by molar-refractivity contribution is -0.138. The number of fused-ring (bicyclic) bond motifs is 1. The van der Waals surface area contributed by atoms with Gasteiger partial charge in [0.05, 0.1) is 24.4 Å². The zero-order valence-electron chi connectivity index (χ0n) is 21.4. The predicted molar refractivity (Wildman–Crippen MR) is 137 cm³/mol. The fourth-order valence-electron chi connectivity index (χ4n) is 5.82. The Morgan fingerprint density at radius 2 is 1.73 bits per heavy atom. The quantitative estimate of drug-likeness (QED) is 0.620. The number of furan rings is 1. The van der Waals surface area contributed by atoms with Gasteiger partial charge in [-0.3, -0.25) is 19.2 Å². The summed E-state index contributed by atoms with van der Waals surface area (Å²) in [6, 6.07) is 7.26. The highest BCUT2D eigenvalue weighted by atomic mass is 16.3. The number of Topliss-reactive ketones (excluding diaryl/α,β-unsaturated/α-hetero) is 1. The zero-order chi connectivity index (χ0) is 26.1. The smallest absolute Gasteiger partial charge is 0.257 e. The summed E-state index contributed by atoms with van der Waals surface area (Å²) in [4.78, 5) is 58.1. The van der Waals surface area contributed by atoms with Crippen LogP contribution in [0.4, 0.5) is 5.69 Å². The van der Waals surface area contributed by atoms with Crippen LogP contribution in [0.5, 0.6) is 0 Å². The molecular weight excluding hydrogens is 472 g/mol. The molecule has 3 unspecified atom stereocenters. The van der Waals surface area contributed by atoms with Crippen molar-refractivity contribution in [1.82, 2.24) is 15.1 Å². The fourth-order valence-corrected chi connectivity index (χ4v) is 5.82. The highest BCUT2D eigenvalue weighted by Crippen LogP contribution is 2.32. The molecule has 37 heavy (non-hydrogen) atoms. The Hall–Kier alpha value is -3.62. The van der Waals surface area contributed by atoms with Crippen molar-refractivity contribution in [2.45, 2.75) is 57.7 Å². The number of hydrogen-bond donors (Lipinski definition) is 1. The molecule has 5 rings (SSSR count). The minimum Gasteiger partial charge on any atom is -0.472 e. The van der Waals surface area contributed by atoms with Gasteiger partial charge in [-0.15, -0.1) is 0 Å². The van der Waals surface area contributed by atoms with Gasteiger partial charge in [0.15, 0.2) is 5.78 Å². The van der Waals surface area contributed by atoms with Crippen LogP contribution in [0.2, 0.25) is 0 Å². The number of amides is 3. The van der Waals surface area contributed by atoms with Crippen LogP contribution in [0.25, 0.3) is 0 Å². The van der Waals surface area contributed by atoms with Crippen LogP contribution in [-0.2, 0) is 9.59 Å². The molecule has 0 saturated carbocycles.